The van der Waals surface area contributed by atoms with Crippen molar-refractivity contribution in [1.82, 2.24) is 9.62 Å². The van der Waals surface area contributed by atoms with Crippen molar-refractivity contribution in [2.75, 3.05) is 19.7 Å². The lowest BCUT2D eigenvalue weighted by molar-refractivity contribution is -0.132. The Balaban J connectivity index is 1.78. The third kappa shape index (κ3) is 3.83. The van der Waals surface area contributed by atoms with Crippen LogP contribution in [0.3, 0.4) is 0 Å². The van der Waals surface area contributed by atoms with Gasteiger partial charge in [0.1, 0.15) is 6.10 Å². The van der Waals surface area contributed by atoms with Crippen LogP contribution < -0.4 is 11.1 Å². The van der Waals surface area contributed by atoms with Crippen LogP contribution in [0.15, 0.2) is 29.2 Å². The van der Waals surface area contributed by atoms with E-state index in [2.05, 4.69) is 5.32 Å². The number of carbonyl (C=O) groups excluding carboxylic acids is 2. The zero-order chi connectivity index (χ0) is 18.0. The molecule has 1 saturated carbocycles. The number of nitrogens with zero attached hydrogens (tertiary/aromatic N) is 1. The lowest BCUT2D eigenvalue weighted by atomic mass is 9.93. The van der Waals surface area contributed by atoms with Crippen molar-refractivity contribution < 1.29 is 22.7 Å². The van der Waals surface area contributed by atoms with Crippen LogP contribution in [0.25, 0.3) is 0 Å². The number of rotatable bonds is 5. The maximum atomic E-state index is 12.8. The van der Waals surface area contributed by atoms with E-state index in [1.54, 1.807) is 6.07 Å². The first-order valence-electron chi connectivity index (χ1n) is 8.20. The van der Waals surface area contributed by atoms with Crippen molar-refractivity contribution in [3.8, 4) is 0 Å². The first-order chi connectivity index (χ1) is 11.9. The van der Waals surface area contributed by atoms with Gasteiger partial charge >= 0.3 is 0 Å². The fourth-order valence-corrected chi connectivity index (χ4v) is 4.26. The average molecular weight is 367 g/mol. The lowest BCUT2D eigenvalue weighted by Gasteiger charge is -2.30. The largest absolute Gasteiger partial charge is 0.367 e. The van der Waals surface area contributed by atoms with E-state index in [9.17, 15) is 18.0 Å². The number of nitrogens with two attached hydrogens (primary N) is 1. The number of morpholine rings is 1. The number of hydrogen-bond acceptors (Lipinski definition) is 5. The van der Waals surface area contributed by atoms with Gasteiger partial charge in [0.05, 0.1) is 11.5 Å². The number of amides is 2. The highest BCUT2D eigenvalue weighted by Crippen LogP contribution is 2.21. The van der Waals surface area contributed by atoms with Gasteiger partial charge in [-0.3, -0.25) is 9.59 Å². The molecule has 0 bridgehead atoms. The van der Waals surface area contributed by atoms with Gasteiger partial charge in [-0.1, -0.05) is 6.07 Å². The molecule has 3 N–H and O–H groups in total. The summed E-state index contributed by atoms with van der Waals surface area (Å²) >= 11 is 0. The number of carbonyl (C=O) groups is 2. The minimum absolute atomic E-state index is 0.0129. The smallest absolute Gasteiger partial charge is 0.251 e. The molecule has 1 heterocycles. The molecular formula is C16H21N3O5S. The van der Waals surface area contributed by atoms with Crippen LogP contribution >= 0.6 is 0 Å². The van der Waals surface area contributed by atoms with Crippen LogP contribution in [-0.2, 0) is 19.6 Å². The Hall–Kier alpha value is -1.97. The maximum Gasteiger partial charge on any atom is 0.251 e. The van der Waals surface area contributed by atoms with Crippen molar-refractivity contribution >= 4 is 21.8 Å². The van der Waals surface area contributed by atoms with E-state index < -0.39 is 22.0 Å². The molecule has 136 valence electrons. The van der Waals surface area contributed by atoms with Gasteiger partial charge in [-0.2, -0.15) is 4.31 Å². The quantitative estimate of drug-likeness (QED) is 0.750. The molecule has 2 aliphatic rings. The van der Waals surface area contributed by atoms with Crippen LogP contribution in [0.5, 0.6) is 0 Å². The molecule has 1 saturated heterocycles. The molecule has 1 aliphatic carbocycles. The van der Waals surface area contributed by atoms with Crippen molar-refractivity contribution in [1.29, 1.82) is 0 Å². The van der Waals surface area contributed by atoms with Gasteiger partial charge in [0.15, 0.2) is 0 Å². The molecule has 0 radical (unpaired) electrons. The third-order valence-electron chi connectivity index (χ3n) is 4.52. The predicted octanol–water partition coefficient (Wildman–Crippen LogP) is -0.156. The Labute approximate surface area is 146 Å². The molecule has 2 fully saturated rings. The van der Waals surface area contributed by atoms with Crippen LogP contribution in [0.2, 0.25) is 0 Å². The molecule has 8 nitrogen and oxygen atoms in total. The molecule has 2 amide bonds. The topological polar surface area (TPSA) is 119 Å². The highest BCUT2D eigenvalue weighted by Gasteiger charge is 2.33. The fraction of sp³-hybridized carbons (Fsp3) is 0.500. The van der Waals surface area contributed by atoms with Crippen LogP contribution in [0, 0.1) is 0 Å². The molecule has 9 heteroatoms. The summed E-state index contributed by atoms with van der Waals surface area (Å²) in [6, 6.07) is 6.08. The summed E-state index contributed by atoms with van der Waals surface area (Å²) in [5.74, 6) is -0.979. The second-order valence-corrected chi connectivity index (χ2v) is 8.19. The fourth-order valence-electron chi connectivity index (χ4n) is 2.78. The molecule has 0 spiro atoms. The number of primary amides is 1. The zero-order valence-corrected chi connectivity index (χ0v) is 14.5. The van der Waals surface area contributed by atoms with Crippen molar-refractivity contribution in [2.24, 2.45) is 5.73 Å². The summed E-state index contributed by atoms with van der Waals surface area (Å²) in [5.41, 5.74) is 5.50. The number of ether oxygens (including phenoxy) is 1. The van der Waals surface area contributed by atoms with Crippen molar-refractivity contribution in [3.63, 3.8) is 0 Å². The van der Waals surface area contributed by atoms with Crippen LogP contribution in [0.1, 0.15) is 29.6 Å². The molecule has 25 heavy (non-hydrogen) atoms. The number of sulfonamides is 1. The first kappa shape index (κ1) is 17.8. The third-order valence-corrected chi connectivity index (χ3v) is 6.38. The van der Waals surface area contributed by atoms with Crippen molar-refractivity contribution in [2.45, 2.75) is 36.3 Å². The van der Waals surface area contributed by atoms with Gasteiger partial charge in [-0.25, -0.2) is 8.42 Å². The van der Waals surface area contributed by atoms with E-state index in [1.165, 1.54) is 18.2 Å². The minimum Gasteiger partial charge on any atom is -0.367 e. The summed E-state index contributed by atoms with van der Waals surface area (Å²) < 4.78 is 32.0. The first-order valence-corrected chi connectivity index (χ1v) is 9.64. The number of nitrogens with one attached hydrogen (secondary N) is 1. The summed E-state index contributed by atoms with van der Waals surface area (Å²) in [5, 5.41) is 2.88. The monoisotopic (exact) mass is 367 g/mol. The van der Waals surface area contributed by atoms with Gasteiger partial charge in [0.2, 0.25) is 15.9 Å². The Bertz CT molecular complexity index is 776. The standard InChI is InChI=1S/C16H21N3O5S/c17-15(20)14-10-19(7-8-24-14)25(22,23)13-6-1-3-11(9-13)16(21)18-12-4-2-5-12/h1,3,6,9,12,14H,2,4-5,7-8,10H2,(H2,17,20)(H,18,21)/t14-/m0/s1. The SMILES string of the molecule is NC(=O)[C@@H]1CN(S(=O)(=O)c2cccc(C(=O)NC3CCC3)c2)CCO1. The molecule has 1 aromatic rings. The molecule has 3 rings (SSSR count). The molecule has 0 unspecified atom stereocenters. The molecule has 0 aromatic heterocycles. The van der Waals surface area contributed by atoms with E-state index in [1.807, 2.05) is 0 Å². The number of hydrogen-bond donors (Lipinski definition) is 2. The molecule has 1 atom stereocenters. The predicted molar refractivity (Wildman–Crippen MR) is 89.2 cm³/mol. The normalized spacial score (nSPS) is 22.2. The van der Waals surface area contributed by atoms with E-state index in [0.717, 1.165) is 23.6 Å². The van der Waals surface area contributed by atoms with Gasteiger partial charge in [-0.05, 0) is 37.5 Å². The van der Waals surface area contributed by atoms with Gasteiger partial charge in [-0.15, -0.1) is 0 Å². The van der Waals surface area contributed by atoms with Crippen molar-refractivity contribution in [3.05, 3.63) is 29.8 Å². The van der Waals surface area contributed by atoms with Crippen LogP contribution in [-0.4, -0.2) is 56.4 Å². The number of benzene rings is 1. The Morgan fingerprint density at radius 1 is 1.28 bits per heavy atom. The van der Waals surface area contributed by atoms with Gasteiger partial charge in [0.25, 0.3) is 5.91 Å². The van der Waals surface area contributed by atoms with E-state index in [0.29, 0.717) is 5.56 Å². The van der Waals surface area contributed by atoms with Gasteiger partial charge in [0, 0.05) is 24.7 Å². The van der Waals surface area contributed by atoms with E-state index >= 15 is 0 Å². The second-order valence-electron chi connectivity index (χ2n) is 6.25. The summed E-state index contributed by atoms with van der Waals surface area (Å²) in [4.78, 5) is 23.5. The lowest BCUT2D eigenvalue weighted by Crippen LogP contribution is -2.50. The highest BCUT2D eigenvalue weighted by atomic mass is 32.2. The average Bonchev–Trinajstić information content (AvgIpc) is 2.58. The maximum absolute atomic E-state index is 12.8. The minimum atomic E-state index is -3.84. The van der Waals surface area contributed by atoms with E-state index in [-0.39, 0.29) is 36.5 Å². The summed E-state index contributed by atoms with van der Waals surface area (Å²) in [7, 11) is -3.84. The summed E-state index contributed by atoms with van der Waals surface area (Å²) in [6.45, 7) is 0.0927. The van der Waals surface area contributed by atoms with Gasteiger partial charge < -0.3 is 15.8 Å². The second kappa shape index (κ2) is 7.11. The van der Waals surface area contributed by atoms with E-state index in [4.69, 9.17) is 10.5 Å². The Kier molecular flexibility index (Phi) is 5.07. The molecular weight excluding hydrogens is 346 g/mol. The highest BCUT2D eigenvalue weighted by molar-refractivity contribution is 7.89. The van der Waals surface area contributed by atoms with Crippen LogP contribution in [0.4, 0.5) is 0 Å². The summed E-state index contributed by atoms with van der Waals surface area (Å²) in [6.07, 6.45) is 2.03. The Morgan fingerprint density at radius 2 is 2.04 bits per heavy atom. The molecule has 1 aromatic carbocycles. The molecule has 1 aliphatic heterocycles. The Morgan fingerprint density at radius 3 is 2.68 bits per heavy atom. The zero-order valence-electron chi connectivity index (χ0n) is 13.7.